The Morgan fingerprint density at radius 2 is 2.00 bits per heavy atom. The van der Waals surface area contributed by atoms with Gasteiger partial charge in [-0.05, 0) is 55.5 Å². The number of amides is 2. The molecule has 29 heavy (non-hydrogen) atoms. The standard InChI is InChI=1S/C22H22ClN3O3/c1-12-18(22(28)26-7-9-29-10-8-26)14-3-2-4-15(20(14)24-12)19-16-11-13(23)5-6-17(16)25-21(19)27/h5-6,11,24H,2-4,7-10H2,1H3,(H,25,27). The summed E-state index contributed by atoms with van der Waals surface area (Å²) >= 11 is 6.20. The number of hydrogen-bond donors (Lipinski definition) is 2. The van der Waals surface area contributed by atoms with E-state index in [4.69, 9.17) is 16.3 Å². The third-order valence-corrected chi connectivity index (χ3v) is 6.22. The minimum atomic E-state index is -0.113. The number of aromatic amines is 1. The molecule has 5 rings (SSSR count). The van der Waals surface area contributed by atoms with Gasteiger partial charge in [0.2, 0.25) is 0 Å². The Morgan fingerprint density at radius 1 is 1.21 bits per heavy atom. The molecule has 2 aliphatic heterocycles. The summed E-state index contributed by atoms with van der Waals surface area (Å²) in [6.45, 7) is 4.31. The number of carbonyl (C=O) groups excluding carboxylic acids is 2. The zero-order valence-corrected chi connectivity index (χ0v) is 17.0. The largest absolute Gasteiger partial charge is 0.378 e. The number of H-pyrrole nitrogens is 1. The quantitative estimate of drug-likeness (QED) is 0.703. The second kappa shape index (κ2) is 7.04. The van der Waals surface area contributed by atoms with Crippen molar-refractivity contribution in [3.05, 3.63) is 51.3 Å². The van der Waals surface area contributed by atoms with Crippen LogP contribution in [0.5, 0.6) is 0 Å². The fourth-order valence-corrected chi connectivity index (χ4v) is 4.83. The van der Waals surface area contributed by atoms with Gasteiger partial charge in [-0.25, -0.2) is 0 Å². The van der Waals surface area contributed by atoms with Crippen molar-refractivity contribution in [3.8, 4) is 0 Å². The van der Waals surface area contributed by atoms with Crippen molar-refractivity contribution in [2.24, 2.45) is 0 Å². The molecule has 1 saturated heterocycles. The monoisotopic (exact) mass is 411 g/mol. The van der Waals surface area contributed by atoms with E-state index in [0.717, 1.165) is 58.6 Å². The van der Waals surface area contributed by atoms with Crippen LogP contribution < -0.4 is 5.32 Å². The van der Waals surface area contributed by atoms with E-state index in [-0.39, 0.29) is 11.8 Å². The van der Waals surface area contributed by atoms with Crippen LogP contribution in [0.4, 0.5) is 5.69 Å². The number of carbonyl (C=O) groups is 2. The number of fused-ring (bicyclic) bond motifs is 2. The van der Waals surface area contributed by atoms with Gasteiger partial charge < -0.3 is 19.9 Å². The van der Waals surface area contributed by atoms with Crippen LogP contribution in [0.25, 0.3) is 11.1 Å². The number of allylic oxidation sites excluding steroid dienone is 1. The number of anilines is 1. The molecule has 150 valence electrons. The van der Waals surface area contributed by atoms with Crippen molar-refractivity contribution in [1.29, 1.82) is 0 Å². The van der Waals surface area contributed by atoms with Gasteiger partial charge in [0.15, 0.2) is 0 Å². The summed E-state index contributed by atoms with van der Waals surface area (Å²) in [4.78, 5) is 31.3. The highest BCUT2D eigenvalue weighted by Crippen LogP contribution is 2.43. The smallest absolute Gasteiger partial charge is 0.256 e. The summed E-state index contributed by atoms with van der Waals surface area (Å²) in [6.07, 6.45) is 2.51. The number of halogens is 1. The van der Waals surface area contributed by atoms with E-state index >= 15 is 0 Å². The number of morpholine rings is 1. The molecule has 0 spiro atoms. The molecule has 2 aromatic rings. The first-order valence-corrected chi connectivity index (χ1v) is 10.4. The average Bonchev–Trinajstić information content (AvgIpc) is 3.23. The van der Waals surface area contributed by atoms with Crippen molar-refractivity contribution < 1.29 is 14.3 Å². The number of aromatic nitrogens is 1. The van der Waals surface area contributed by atoms with Gasteiger partial charge in [-0.1, -0.05) is 11.6 Å². The average molecular weight is 412 g/mol. The normalized spacial score (nSPS) is 21.0. The number of nitrogens with one attached hydrogen (secondary N) is 2. The topological polar surface area (TPSA) is 74.4 Å². The summed E-state index contributed by atoms with van der Waals surface area (Å²) in [5, 5.41) is 3.54. The highest BCUT2D eigenvalue weighted by atomic mass is 35.5. The van der Waals surface area contributed by atoms with E-state index in [1.165, 1.54) is 0 Å². The molecule has 0 bridgehead atoms. The highest BCUT2D eigenvalue weighted by molar-refractivity contribution is 6.38. The predicted molar refractivity (Wildman–Crippen MR) is 112 cm³/mol. The lowest BCUT2D eigenvalue weighted by molar-refractivity contribution is -0.110. The van der Waals surface area contributed by atoms with Gasteiger partial charge in [-0.3, -0.25) is 9.59 Å². The van der Waals surface area contributed by atoms with E-state index in [1.54, 1.807) is 6.07 Å². The Hall–Kier alpha value is -2.57. The Bertz CT molecular complexity index is 1060. The van der Waals surface area contributed by atoms with Crippen molar-refractivity contribution >= 4 is 40.2 Å². The summed E-state index contributed by atoms with van der Waals surface area (Å²) in [7, 11) is 0. The maximum Gasteiger partial charge on any atom is 0.256 e. The van der Waals surface area contributed by atoms with Gasteiger partial charge in [-0.15, -0.1) is 0 Å². The molecule has 1 aromatic heterocycles. The first-order valence-electron chi connectivity index (χ1n) is 9.98. The number of rotatable bonds is 1. The van der Waals surface area contributed by atoms with Gasteiger partial charge >= 0.3 is 0 Å². The van der Waals surface area contributed by atoms with Crippen LogP contribution in [0.3, 0.4) is 0 Å². The maximum atomic E-state index is 13.2. The van der Waals surface area contributed by atoms with Crippen LogP contribution in [0.1, 0.15) is 45.7 Å². The van der Waals surface area contributed by atoms with Gasteiger partial charge in [0, 0.05) is 40.8 Å². The van der Waals surface area contributed by atoms with Crippen molar-refractivity contribution in [1.82, 2.24) is 9.88 Å². The predicted octanol–water partition coefficient (Wildman–Crippen LogP) is 3.65. The first-order chi connectivity index (χ1) is 14.0. The summed E-state index contributed by atoms with van der Waals surface area (Å²) in [5.74, 6) is -0.0627. The SMILES string of the molecule is Cc1[nH]c2c(c1C(=O)N1CCOCC1)CCCC2=C1C(=O)Nc2ccc(Cl)cc21. The van der Waals surface area contributed by atoms with Gasteiger partial charge in [0.05, 0.1) is 24.4 Å². The fourth-order valence-electron chi connectivity index (χ4n) is 4.65. The molecule has 1 aromatic carbocycles. The molecular weight excluding hydrogens is 390 g/mol. The maximum absolute atomic E-state index is 13.2. The minimum Gasteiger partial charge on any atom is -0.378 e. The van der Waals surface area contributed by atoms with Crippen molar-refractivity contribution in [3.63, 3.8) is 0 Å². The summed E-state index contributed by atoms with van der Waals surface area (Å²) < 4.78 is 5.39. The van der Waals surface area contributed by atoms with Crippen molar-refractivity contribution in [2.75, 3.05) is 31.6 Å². The van der Waals surface area contributed by atoms with Crippen LogP contribution >= 0.6 is 11.6 Å². The zero-order chi connectivity index (χ0) is 20.1. The first kappa shape index (κ1) is 18.5. The molecular formula is C22H22ClN3O3. The molecule has 0 saturated carbocycles. The van der Waals surface area contributed by atoms with E-state index in [0.29, 0.717) is 36.9 Å². The lowest BCUT2D eigenvalue weighted by atomic mass is 9.86. The number of hydrogen-bond acceptors (Lipinski definition) is 3. The zero-order valence-electron chi connectivity index (χ0n) is 16.2. The highest BCUT2D eigenvalue weighted by Gasteiger charge is 2.34. The summed E-state index contributed by atoms with van der Waals surface area (Å²) in [5.41, 5.74) is 6.80. The van der Waals surface area contributed by atoms with Crippen molar-refractivity contribution in [2.45, 2.75) is 26.2 Å². The molecule has 3 heterocycles. The van der Waals surface area contributed by atoms with E-state index < -0.39 is 0 Å². The molecule has 1 fully saturated rings. The molecule has 0 atom stereocenters. The third kappa shape index (κ3) is 2.98. The molecule has 0 radical (unpaired) electrons. The van der Waals surface area contributed by atoms with Crippen LogP contribution in [-0.4, -0.2) is 48.0 Å². The lowest BCUT2D eigenvalue weighted by Crippen LogP contribution is -2.41. The molecule has 0 unspecified atom stereocenters. The Kier molecular flexibility index (Phi) is 4.48. The number of ether oxygens (including phenoxy) is 1. The Labute approximate surface area is 173 Å². The lowest BCUT2D eigenvalue weighted by Gasteiger charge is -2.27. The molecule has 1 aliphatic carbocycles. The number of aryl methyl sites for hydroxylation is 1. The molecule has 6 nitrogen and oxygen atoms in total. The molecule has 3 aliphatic rings. The van der Waals surface area contributed by atoms with Crippen LogP contribution in [0, 0.1) is 6.92 Å². The van der Waals surface area contributed by atoms with E-state index in [9.17, 15) is 9.59 Å². The van der Waals surface area contributed by atoms with E-state index in [1.807, 2.05) is 24.0 Å². The van der Waals surface area contributed by atoms with E-state index in [2.05, 4.69) is 10.3 Å². The molecule has 2 N–H and O–H groups in total. The Morgan fingerprint density at radius 3 is 2.79 bits per heavy atom. The second-order valence-electron chi connectivity index (χ2n) is 7.73. The van der Waals surface area contributed by atoms with Crippen LogP contribution in [0.15, 0.2) is 18.2 Å². The third-order valence-electron chi connectivity index (χ3n) is 5.99. The number of nitrogens with zero attached hydrogens (tertiary/aromatic N) is 1. The van der Waals surface area contributed by atoms with Gasteiger partial charge in [0.25, 0.3) is 11.8 Å². The van der Waals surface area contributed by atoms with Crippen LogP contribution in [-0.2, 0) is 16.0 Å². The second-order valence-corrected chi connectivity index (χ2v) is 8.17. The van der Waals surface area contributed by atoms with Crippen LogP contribution in [0.2, 0.25) is 5.02 Å². The number of benzene rings is 1. The summed E-state index contributed by atoms with van der Waals surface area (Å²) in [6, 6.07) is 5.44. The molecule has 7 heteroatoms. The molecule has 2 amide bonds. The Balaban J connectivity index is 1.63. The minimum absolute atomic E-state index is 0.0499. The fraction of sp³-hybridized carbons (Fsp3) is 0.364. The van der Waals surface area contributed by atoms with Gasteiger partial charge in [0.1, 0.15) is 0 Å². The van der Waals surface area contributed by atoms with Gasteiger partial charge in [-0.2, -0.15) is 0 Å².